The van der Waals surface area contributed by atoms with Crippen molar-refractivity contribution in [2.24, 2.45) is 10.1 Å². The van der Waals surface area contributed by atoms with Crippen LogP contribution in [0.5, 0.6) is 11.5 Å². The highest BCUT2D eigenvalue weighted by atomic mass is 32.1. The third-order valence-electron chi connectivity index (χ3n) is 5.62. The normalized spacial score (nSPS) is 14.1. The highest BCUT2D eigenvalue weighted by Gasteiger charge is 2.46. The average Bonchev–Trinajstić information content (AvgIpc) is 3.62. The zero-order valence-electron chi connectivity index (χ0n) is 21.3. The van der Waals surface area contributed by atoms with Crippen LogP contribution in [-0.2, 0) is 9.47 Å². The first-order valence-electron chi connectivity index (χ1n) is 11.7. The summed E-state index contributed by atoms with van der Waals surface area (Å²) in [7, 11) is 4.53. The van der Waals surface area contributed by atoms with Crippen molar-refractivity contribution in [3.8, 4) is 22.9 Å². The number of rotatable bonds is 12. The fourth-order valence-electron chi connectivity index (χ4n) is 3.73. The Balaban J connectivity index is 1.66. The van der Waals surface area contributed by atoms with E-state index in [0.29, 0.717) is 55.0 Å². The predicted molar refractivity (Wildman–Crippen MR) is 139 cm³/mol. The van der Waals surface area contributed by atoms with Gasteiger partial charge in [0.05, 0.1) is 44.6 Å². The Morgan fingerprint density at radius 1 is 1.00 bits per heavy atom. The maximum absolute atomic E-state index is 14.0. The number of nitrogens with zero attached hydrogens (tertiary/aromatic N) is 6. The predicted octanol–water partition coefficient (Wildman–Crippen LogP) is 4.41. The molecule has 0 fully saturated rings. The Morgan fingerprint density at radius 3 is 2.47 bits per heavy atom. The van der Waals surface area contributed by atoms with Crippen LogP contribution in [-0.4, -0.2) is 86.7 Å². The fourth-order valence-corrected chi connectivity index (χ4v) is 4.70. The highest BCUT2D eigenvalue weighted by molar-refractivity contribution is 7.19. The summed E-state index contributed by atoms with van der Waals surface area (Å²) >= 11 is 1.26. The second-order valence-electron chi connectivity index (χ2n) is 7.93. The summed E-state index contributed by atoms with van der Waals surface area (Å²) in [4.78, 5) is 6.38. The summed E-state index contributed by atoms with van der Waals surface area (Å²) in [5.74, 6) is 0.802. The summed E-state index contributed by atoms with van der Waals surface area (Å²) in [6.45, 7) is 4.78. The van der Waals surface area contributed by atoms with Crippen molar-refractivity contribution >= 4 is 32.8 Å². The van der Waals surface area contributed by atoms with E-state index in [4.69, 9.17) is 18.9 Å². The number of thiophene rings is 1. The van der Waals surface area contributed by atoms with Gasteiger partial charge in [0.1, 0.15) is 22.2 Å². The first kappa shape index (κ1) is 27.5. The minimum atomic E-state index is -4.76. The number of halogens is 3. The number of hydrogen-bond acceptors (Lipinski definition) is 10. The first-order chi connectivity index (χ1) is 18.3. The van der Waals surface area contributed by atoms with Crippen molar-refractivity contribution in [2.45, 2.75) is 13.1 Å². The molecule has 0 bridgehead atoms. The molecule has 2 aromatic heterocycles. The number of hydrogen-bond donors (Lipinski definition) is 0. The van der Waals surface area contributed by atoms with Gasteiger partial charge in [0.15, 0.2) is 11.5 Å². The van der Waals surface area contributed by atoms with Gasteiger partial charge in [0.2, 0.25) is 5.82 Å². The molecule has 0 saturated heterocycles. The third-order valence-corrected chi connectivity index (χ3v) is 6.66. The van der Waals surface area contributed by atoms with E-state index in [1.165, 1.54) is 25.6 Å². The molecule has 1 aromatic carbocycles. The Bertz CT molecular complexity index is 1320. The lowest BCUT2D eigenvalue weighted by Crippen LogP contribution is -2.29. The van der Waals surface area contributed by atoms with Crippen LogP contribution in [0.2, 0.25) is 0 Å². The van der Waals surface area contributed by atoms with Crippen molar-refractivity contribution in [3.05, 3.63) is 36.2 Å². The van der Waals surface area contributed by atoms with Gasteiger partial charge in [-0.25, -0.2) is 4.99 Å². The van der Waals surface area contributed by atoms with Gasteiger partial charge in [0.25, 0.3) is 0 Å². The van der Waals surface area contributed by atoms with Gasteiger partial charge < -0.3 is 23.8 Å². The standard InChI is InChI=1S/C24H27F3N6O4S/c1-5-32(10-11-37-13-12-34-2)19-9-8-18(38-19)28-20-21(24(25,26)27)31-33-22(29-30-23(20)33)16-14-15(35-3)6-7-17(16)36-4/h6-9,14H,5,10-13H2,1-4H3/b28-20-. The number of fused-ring (bicyclic) bond motifs is 1. The molecule has 0 aliphatic carbocycles. The summed E-state index contributed by atoms with van der Waals surface area (Å²) in [5, 5.41) is 13.2. The van der Waals surface area contributed by atoms with Crippen LogP contribution in [0.15, 0.2) is 40.4 Å². The summed E-state index contributed by atoms with van der Waals surface area (Å²) in [5.41, 5.74) is -1.18. The van der Waals surface area contributed by atoms with Crippen molar-refractivity contribution in [1.82, 2.24) is 14.9 Å². The van der Waals surface area contributed by atoms with Crippen molar-refractivity contribution < 1.29 is 32.1 Å². The minimum absolute atomic E-state index is 0.0696. The van der Waals surface area contributed by atoms with E-state index in [0.717, 1.165) is 9.68 Å². The topological polar surface area (TPSA) is 95.6 Å². The largest absolute Gasteiger partial charge is 0.497 e. The molecule has 0 atom stereocenters. The van der Waals surface area contributed by atoms with Crippen LogP contribution in [0.3, 0.4) is 0 Å². The molecule has 0 unspecified atom stereocenters. The smallest absolute Gasteiger partial charge is 0.437 e. The van der Waals surface area contributed by atoms with Gasteiger partial charge in [-0.15, -0.1) is 10.2 Å². The minimum Gasteiger partial charge on any atom is -0.497 e. The van der Waals surface area contributed by atoms with Gasteiger partial charge in [0, 0.05) is 20.2 Å². The Morgan fingerprint density at radius 2 is 1.79 bits per heavy atom. The van der Waals surface area contributed by atoms with E-state index in [1.54, 1.807) is 31.4 Å². The molecule has 0 radical (unpaired) electrons. The molecule has 3 heterocycles. The Labute approximate surface area is 221 Å². The Kier molecular flexibility index (Phi) is 8.64. The molecule has 204 valence electrons. The van der Waals surface area contributed by atoms with Crippen LogP contribution < -0.4 is 14.4 Å². The van der Waals surface area contributed by atoms with Crippen LogP contribution >= 0.6 is 11.3 Å². The average molecular weight is 553 g/mol. The monoisotopic (exact) mass is 552 g/mol. The van der Waals surface area contributed by atoms with E-state index >= 15 is 0 Å². The summed E-state index contributed by atoms with van der Waals surface area (Å²) in [6.07, 6.45) is -4.76. The SMILES string of the molecule is CCN(CCOCCOC)c1ccc(/N=C2/C(C(F)(F)F)=Nn3c2nnc3-c2cc(OC)ccc2OC)s1. The number of likely N-dealkylation sites (N-methyl/N-ethyl adjacent to an activating group) is 1. The van der Waals surface area contributed by atoms with E-state index in [9.17, 15) is 13.2 Å². The second kappa shape index (κ2) is 11.9. The number of aliphatic imine (C=N–C) groups is 1. The van der Waals surface area contributed by atoms with Crippen LogP contribution in [0.4, 0.5) is 23.2 Å². The van der Waals surface area contributed by atoms with Gasteiger partial charge in [-0.05, 0) is 37.3 Å². The molecule has 0 amide bonds. The third kappa shape index (κ3) is 5.81. The molecule has 0 spiro atoms. The summed E-state index contributed by atoms with van der Waals surface area (Å²) in [6, 6.07) is 8.38. The van der Waals surface area contributed by atoms with Crippen molar-refractivity contribution in [1.29, 1.82) is 0 Å². The van der Waals surface area contributed by atoms with Gasteiger partial charge in [-0.3, -0.25) is 0 Å². The molecule has 4 rings (SSSR count). The number of methoxy groups -OCH3 is 3. The molecular weight excluding hydrogens is 525 g/mol. The van der Waals surface area contributed by atoms with Crippen LogP contribution in [0.25, 0.3) is 11.4 Å². The maximum Gasteiger partial charge on any atom is 0.437 e. The number of benzene rings is 1. The second-order valence-corrected chi connectivity index (χ2v) is 8.97. The van der Waals surface area contributed by atoms with E-state index < -0.39 is 17.6 Å². The number of aromatic nitrogens is 3. The molecule has 10 nitrogen and oxygen atoms in total. The molecule has 1 aliphatic rings. The van der Waals surface area contributed by atoms with E-state index in [1.807, 2.05) is 13.0 Å². The summed E-state index contributed by atoms with van der Waals surface area (Å²) < 4.78 is 64.2. The van der Waals surface area contributed by atoms with Gasteiger partial charge in [-0.2, -0.15) is 22.9 Å². The number of alkyl halides is 3. The maximum atomic E-state index is 14.0. The molecular formula is C24H27F3N6O4S. The molecule has 38 heavy (non-hydrogen) atoms. The van der Waals surface area contributed by atoms with E-state index in [-0.39, 0.29) is 11.6 Å². The molecule has 1 aliphatic heterocycles. The lowest BCUT2D eigenvalue weighted by Gasteiger charge is -2.20. The van der Waals surface area contributed by atoms with Crippen LogP contribution in [0, 0.1) is 0 Å². The van der Waals surface area contributed by atoms with Crippen molar-refractivity contribution in [3.63, 3.8) is 0 Å². The highest BCUT2D eigenvalue weighted by Crippen LogP contribution is 2.37. The lowest BCUT2D eigenvalue weighted by atomic mass is 10.1. The van der Waals surface area contributed by atoms with Crippen molar-refractivity contribution in [2.75, 3.05) is 59.1 Å². The molecule has 0 saturated carbocycles. The van der Waals surface area contributed by atoms with Crippen LogP contribution in [0.1, 0.15) is 12.7 Å². The number of ether oxygens (including phenoxy) is 4. The van der Waals surface area contributed by atoms with E-state index in [2.05, 4.69) is 25.2 Å². The van der Waals surface area contributed by atoms with Gasteiger partial charge in [-0.1, -0.05) is 11.3 Å². The first-order valence-corrected chi connectivity index (χ1v) is 12.5. The zero-order valence-corrected chi connectivity index (χ0v) is 22.1. The quantitative estimate of drug-likeness (QED) is 0.307. The number of anilines is 1. The molecule has 14 heteroatoms. The lowest BCUT2D eigenvalue weighted by molar-refractivity contribution is -0.0567. The zero-order chi connectivity index (χ0) is 27.3. The Hall–Kier alpha value is -3.49. The fraction of sp³-hybridized carbons (Fsp3) is 0.417. The molecule has 0 N–H and O–H groups in total. The van der Waals surface area contributed by atoms with Gasteiger partial charge >= 0.3 is 6.18 Å². The molecule has 3 aromatic rings.